The minimum Gasteiger partial charge on any atom is -0.325 e. The topological polar surface area (TPSA) is 79.0 Å². The Labute approximate surface area is 167 Å². The van der Waals surface area contributed by atoms with E-state index in [0.29, 0.717) is 5.69 Å². The number of alkyl halides is 3. The van der Waals surface area contributed by atoms with Gasteiger partial charge in [-0.05, 0) is 53.8 Å². The van der Waals surface area contributed by atoms with Crippen LogP contribution in [0.1, 0.15) is 18.1 Å². The molecule has 1 atom stereocenters. The van der Waals surface area contributed by atoms with E-state index in [-0.39, 0.29) is 10.7 Å². The molecule has 6 nitrogen and oxygen atoms in total. The predicted octanol–water partition coefficient (Wildman–Crippen LogP) is 3.69. The Bertz CT molecular complexity index is 1070. The first-order chi connectivity index (χ1) is 13.6. The van der Waals surface area contributed by atoms with Gasteiger partial charge in [0, 0.05) is 17.8 Å². The summed E-state index contributed by atoms with van der Waals surface area (Å²) in [6.45, 7) is 3.46. The maximum Gasteiger partial charge on any atom is 0.442 e. The van der Waals surface area contributed by atoms with Crippen molar-refractivity contribution in [3.8, 4) is 5.69 Å². The van der Waals surface area contributed by atoms with Crippen molar-refractivity contribution in [2.24, 2.45) is 0 Å². The number of aryl methyl sites for hydroxylation is 1. The second-order valence-electron chi connectivity index (χ2n) is 6.28. The minimum atomic E-state index is -4.51. The first kappa shape index (κ1) is 20.7. The summed E-state index contributed by atoms with van der Waals surface area (Å²) < 4.78 is 44.7. The van der Waals surface area contributed by atoms with Gasteiger partial charge in [0.1, 0.15) is 0 Å². The quantitative estimate of drug-likeness (QED) is 0.484. The van der Waals surface area contributed by atoms with Crippen molar-refractivity contribution in [3.63, 3.8) is 0 Å². The Morgan fingerprint density at radius 2 is 1.90 bits per heavy atom. The van der Waals surface area contributed by atoms with E-state index in [2.05, 4.69) is 10.6 Å². The van der Waals surface area contributed by atoms with Gasteiger partial charge < -0.3 is 5.32 Å². The van der Waals surface area contributed by atoms with Crippen LogP contribution in [-0.2, 0) is 11.0 Å². The first-order valence-corrected chi connectivity index (χ1v) is 9.38. The van der Waals surface area contributed by atoms with Gasteiger partial charge in [0.2, 0.25) is 11.6 Å². The molecule has 2 aromatic carbocycles. The van der Waals surface area contributed by atoms with E-state index < -0.39 is 28.5 Å². The first-order valence-electron chi connectivity index (χ1n) is 8.50. The van der Waals surface area contributed by atoms with Gasteiger partial charge in [-0.25, -0.2) is 4.79 Å². The van der Waals surface area contributed by atoms with Crippen molar-refractivity contribution in [1.29, 1.82) is 0 Å². The summed E-state index contributed by atoms with van der Waals surface area (Å²) in [7, 11) is 0. The maximum atomic E-state index is 12.8. The number of hydrogen-bond donors (Lipinski definition) is 2. The van der Waals surface area contributed by atoms with Crippen LogP contribution in [0.2, 0.25) is 0 Å². The molecule has 0 bridgehead atoms. The number of anilines is 1. The summed E-state index contributed by atoms with van der Waals surface area (Å²) in [5, 5.41) is 4.28. The predicted molar refractivity (Wildman–Crippen MR) is 101 cm³/mol. The average molecular weight is 424 g/mol. The number of hydrogen-bond acceptors (Lipinski definition) is 4. The molecule has 1 aromatic heterocycles. The number of rotatable bonds is 5. The van der Waals surface area contributed by atoms with Crippen molar-refractivity contribution in [3.05, 3.63) is 70.1 Å². The number of carbonyl (C=O) groups excluding carboxylic acids is 1. The van der Waals surface area contributed by atoms with E-state index in [0.717, 1.165) is 29.5 Å². The number of benzene rings is 2. The third-order valence-corrected chi connectivity index (χ3v) is 5.15. The SMILES string of the molecule is Cc1ccc(-[n+]2[nH]oc(=O)c2SC(C)C(=O)Nc2cccc(C(F)(F)F)c2)cc1. The van der Waals surface area contributed by atoms with Crippen LogP contribution >= 0.6 is 11.8 Å². The monoisotopic (exact) mass is 424 g/mol. The summed E-state index contributed by atoms with van der Waals surface area (Å²) in [5.41, 5.74) is 0.163. The fourth-order valence-electron chi connectivity index (χ4n) is 2.47. The van der Waals surface area contributed by atoms with Crippen LogP contribution in [-0.4, -0.2) is 16.4 Å². The third kappa shape index (κ3) is 4.89. The van der Waals surface area contributed by atoms with Gasteiger partial charge in [-0.3, -0.25) is 9.32 Å². The Hall–Kier alpha value is -3.01. The number of carbonyl (C=O) groups is 1. The number of amides is 1. The minimum absolute atomic E-state index is 0.0183. The fourth-order valence-corrected chi connectivity index (χ4v) is 3.35. The Kier molecular flexibility index (Phi) is 5.83. The van der Waals surface area contributed by atoms with E-state index >= 15 is 0 Å². The van der Waals surface area contributed by atoms with Crippen LogP contribution < -0.4 is 15.6 Å². The standard InChI is InChI=1S/C19H16F3N3O3S/c1-11-6-8-15(9-7-11)25-17(18(27)28-24-25)29-12(2)16(26)23-14-5-3-4-13(10-14)19(20,21)22/h3-10,12H,1-2H3,(H-,23,24,26,27)/p+1. The second kappa shape index (κ2) is 8.16. The van der Waals surface area contributed by atoms with Crippen molar-refractivity contribution in [1.82, 2.24) is 5.27 Å². The molecule has 10 heteroatoms. The largest absolute Gasteiger partial charge is 0.442 e. The highest BCUT2D eigenvalue weighted by molar-refractivity contribution is 8.00. The van der Waals surface area contributed by atoms with Gasteiger partial charge in [0.25, 0.3) is 0 Å². The molecule has 0 aliphatic heterocycles. The molecule has 3 rings (SSSR count). The van der Waals surface area contributed by atoms with Gasteiger partial charge >= 0.3 is 16.8 Å². The van der Waals surface area contributed by atoms with Crippen LogP contribution in [0.3, 0.4) is 0 Å². The highest BCUT2D eigenvalue weighted by Gasteiger charge is 2.31. The number of halogens is 3. The molecule has 0 radical (unpaired) electrons. The molecule has 152 valence electrons. The summed E-state index contributed by atoms with van der Waals surface area (Å²) in [4.78, 5) is 24.5. The second-order valence-corrected chi connectivity index (χ2v) is 7.61. The lowest BCUT2D eigenvalue weighted by Crippen LogP contribution is -2.37. The number of nitrogens with one attached hydrogen (secondary N) is 2. The summed E-state index contributed by atoms with van der Waals surface area (Å²) in [6.07, 6.45) is -4.51. The molecule has 0 saturated carbocycles. The number of aromatic nitrogens is 2. The van der Waals surface area contributed by atoms with Gasteiger partial charge in [0.05, 0.1) is 10.8 Å². The third-order valence-electron chi connectivity index (χ3n) is 4.01. The van der Waals surface area contributed by atoms with Crippen molar-refractivity contribution in [2.75, 3.05) is 5.32 Å². The molecule has 0 aliphatic rings. The molecular formula is C19H17F3N3O3S+. The van der Waals surface area contributed by atoms with Crippen LogP contribution in [0.15, 0.2) is 62.9 Å². The van der Waals surface area contributed by atoms with Crippen molar-refractivity contribution < 1.29 is 27.2 Å². The highest BCUT2D eigenvalue weighted by atomic mass is 32.2. The van der Waals surface area contributed by atoms with E-state index in [4.69, 9.17) is 4.52 Å². The zero-order valence-electron chi connectivity index (χ0n) is 15.4. The zero-order valence-corrected chi connectivity index (χ0v) is 16.2. The normalized spacial score (nSPS) is 12.6. The number of nitrogens with zero attached hydrogens (tertiary/aromatic N) is 1. The molecule has 29 heavy (non-hydrogen) atoms. The number of H-pyrrole nitrogens is 1. The molecule has 0 saturated heterocycles. The molecule has 0 spiro atoms. The van der Waals surface area contributed by atoms with Gasteiger partial charge in [-0.1, -0.05) is 23.8 Å². The van der Waals surface area contributed by atoms with E-state index in [1.54, 1.807) is 19.1 Å². The van der Waals surface area contributed by atoms with Crippen LogP contribution in [0, 0.1) is 6.92 Å². The summed E-state index contributed by atoms with van der Waals surface area (Å²) in [5.74, 6) is -0.551. The Morgan fingerprint density at radius 1 is 1.21 bits per heavy atom. The van der Waals surface area contributed by atoms with Gasteiger partial charge in [0.15, 0.2) is 0 Å². The smallest absolute Gasteiger partial charge is 0.325 e. The molecular weight excluding hydrogens is 407 g/mol. The average Bonchev–Trinajstić information content (AvgIpc) is 3.02. The zero-order chi connectivity index (χ0) is 21.2. The van der Waals surface area contributed by atoms with E-state index in [1.165, 1.54) is 16.8 Å². The molecule has 3 aromatic rings. The van der Waals surface area contributed by atoms with E-state index in [9.17, 15) is 22.8 Å². The molecule has 0 aliphatic carbocycles. The number of thioether (sulfide) groups is 1. The van der Waals surface area contributed by atoms with E-state index in [1.807, 2.05) is 19.1 Å². The highest BCUT2D eigenvalue weighted by Crippen LogP contribution is 2.31. The Balaban J connectivity index is 1.76. The fraction of sp³-hybridized carbons (Fsp3) is 0.211. The lowest BCUT2D eigenvalue weighted by molar-refractivity contribution is -0.704. The van der Waals surface area contributed by atoms with Crippen LogP contribution in [0.4, 0.5) is 18.9 Å². The maximum absolute atomic E-state index is 12.8. The van der Waals surface area contributed by atoms with Gasteiger partial charge in [-0.15, -0.1) is 0 Å². The lowest BCUT2D eigenvalue weighted by atomic mass is 10.2. The molecule has 1 heterocycles. The molecule has 1 unspecified atom stereocenters. The Morgan fingerprint density at radius 3 is 2.55 bits per heavy atom. The molecule has 2 N–H and O–H groups in total. The van der Waals surface area contributed by atoms with Crippen LogP contribution in [0.25, 0.3) is 5.69 Å². The molecule has 0 fully saturated rings. The summed E-state index contributed by atoms with van der Waals surface area (Å²) in [6, 6.07) is 11.6. The lowest BCUT2D eigenvalue weighted by Gasteiger charge is -2.12. The number of aromatic amines is 1. The van der Waals surface area contributed by atoms with Gasteiger partial charge in [-0.2, -0.15) is 13.2 Å². The van der Waals surface area contributed by atoms with Crippen molar-refractivity contribution in [2.45, 2.75) is 30.3 Å². The summed E-state index contributed by atoms with van der Waals surface area (Å²) >= 11 is 0.931. The van der Waals surface area contributed by atoms with Crippen LogP contribution in [0.5, 0.6) is 0 Å². The van der Waals surface area contributed by atoms with Crippen molar-refractivity contribution >= 4 is 23.4 Å². The molecule has 1 amide bonds.